The Morgan fingerprint density at radius 1 is 0.968 bits per heavy atom. The van der Waals surface area contributed by atoms with Crippen molar-refractivity contribution in [3.8, 4) is 11.5 Å². The first-order chi connectivity index (χ1) is 15.0. The van der Waals surface area contributed by atoms with Crippen LogP contribution in [0.3, 0.4) is 0 Å². The summed E-state index contributed by atoms with van der Waals surface area (Å²) in [5.41, 5.74) is 3.84. The molecule has 1 saturated carbocycles. The minimum atomic E-state index is -0.00570. The smallest absolute Gasteiger partial charge is 0.178 e. The number of carbonyl (C=O) groups excluding carboxylic acids is 2. The highest BCUT2D eigenvalue weighted by Crippen LogP contribution is 2.38. The minimum Gasteiger partial charge on any atom is -0.486 e. The number of carbonyl (C=O) groups is 2. The Kier molecular flexibility index (Phi) is 5.34. The Morgan fingerprint density at radius 2 is 1.68 bits per heavy atom. The van der Waals surface area contributed by atoms with Crippen molar-refractivity contribution >= 4 is 11.6 Å². The van der Waals surface area contributed by atoms with Crippen molar-refractivity contribution in [1.29, 1.82) is 0 Å². The van der Waals surface area contributed by atoms with Crippen LogP contribution in [0.25, 0.3) is 0 Å². The lowest BCUT2D eigenvalue weighted by Gasteiger charge is -2.31. The largest absolute Gasteiger partial charge is 0.486 e. The molecule has 3 aliphatic rings. The molecule has 0 radical (unpaired) electrons. The number of likely N-dealkylation sites (tertiary alicyclic amines) is 1. The first-order valence-electron chi connectivity index (χ1n) is 11.4. The second kappa shape index (κ2) is 8.15. The Bertz CT molecular complexity index is 1010. The van der Waals surface area contributed by atoms with E-state index in [9.17, 15) is 9.59 Å². The molecule has 0 unspecified atom stereocenters. The predicted octanol–water partition coefficient (Wildman–Crippen LogP) is 3.99. The topological polar surface area (TPSA) is 60.8 Å². The van der Waals surface area contributed by atoms with Crippen LogP contribution in [0.1, 0.15) is 63.8 Å². The van der Waals surface area contributed by atoms with Crippen LogP contribution < -0.4 is 9.47 Å². The highest BCUT2D eigenvalue weighted by atomic mass is 16.6. The van der Waals surface area contributed by atoms with E-state index in [-0.39, 0.29) is 17.5 Å². The molecule has 0 atom stereocenters. The first kappa shape index (κ1) is 20.3. The van der Waals surface area contributed by atoms with E-state index in [0.717, 1.165) is 37.2 Å². The molecule has 6 heteroatoms. The van der Waals surface area contributed by atoms with Gasteiger partial charge in [-0.25, -0.2) is 0 Å². The first-order valence-corrected chi connectivity index (χ1v) is 11.4. The fraction of sp³-hybridized carbons (Fsp3) is 0.520. The van der Waals surface area contributed by atoms with E-state index >= 15 is 0 Å². The summed E-state index contributed by atoms with van der Waals surface area (Å²) in [6.07, 6.45) is 3.99. The molecule has 0 bridgehead atoms. The molecule has 5 rings (SSSR count). The number of piperidine rings is 1. The molecule has 2 aromatic rings. The van der Waals surface area contributed by atoms with Crippen LogP contribution in [0.5, 0.6) is 11.5 Å². The zero-order chi connectivity index (χ0) is 21.5. The molecule has 1 aromatic heterocycles. The maximum absolute atomic E-state index is 13.0. The fourth-order valence-electron chi connectivity index (χ4n) is 5.03. The molecule has 6 nitrogen and oxygen atoms in total. The minimum absolute atomic E-state index is 0.00570. The molecular weight excluding hydrogens is 392 g/mol. The molecule has 2 aliphatic heterocycles. The van der Waals surface area contributed by atoms with Gasteiger partial charge in [-0.1, -0.05) is 0 Å². The molecule has 1 aliphatic carbocycles. The molecule has 1 saturated heterocycles. The van der Waals surface area contributed by atoms with Crippen LogP contribution >= 0.6 is 0 Å². The predicted molar refractivity (Wildman–Crippen MR) is 117 cm³/mol. The maximum Gasteiger partial charge on any atom is 0.178 e. The molecule has 1 aromatic carbocycles. The van der Waals surface area contributed by atoms with Crippen LogP contribution in [0, 0.1) is 19.8 Å². The van der Waals surface area contributed by atoms with Gasteiger partial charge in [0.2, 0.25) is 0 Å². The van der Waals surface area contributed by atoms with Crippen molar-refractivity contribution in [1.82, 2.24) is 9.47 Å². The number of aromatic nitrogens is 1. The lowest BCUT2D eigenvalue weighted by Crippen LogP contribution is -2.39. The third kappa shape index (κ3) is 4.01. The summed E-state index contributed by atoms with van der Waals surface area (Å²) in [5, 5.41) is 0. The highest BCUT2D eigenvalue weighted by molar-refractivity contribution is 5.99. The van der Waals surface area contributed by atoms with Gasteiger partial charge in [0.15, 0.2) is 23.1 Å². The summed E-state index contributed by atoms with van der Waals surface area (Å²) in [5.74, 6) is 1.71. The Hall–Kier alpha value is -2.60. The number of nitrogens with zero attached hydrogens (tertiary/aromatic N) is 2. The van der Waals surface area contributed by atoms with Crippen molar-refractivity contribution in [2.24, 2.45) is 5.92 Å². The van der Waals surface area contributed by atoms with Gasteiger partial charge < -0.3 is 14.0 Å². The summed E-state index contributed by atoms with van der Waals surface area (Å²) in [4.78, 5) is 28.2. The summed E-state index contributed by atoms with van der Waals surface area (Å²) >= 11 is 0. The molecule has 164 valence electrons. The van der Waals surface area contributed by atoms with Crippen molar-refractivity contribution < 1.29 is 19.1 Å². The summed E-state index contributed by atoms with van der Waals surface area (Å²) in [6.45, 7) is 7.19. The molecule has 0 spiro atoms. The molecule has 0 N–H and O–H groups in total. The monoisotopic (exact) mass is 422 g/mol. The zero-order valence-corrected chi connectivity index (χ0v) is 18.4. The van der Waals surface area contributed by atoms with Gasteiger partial charge in [-0.3, -0.25) is 14.5 Å². The van der Waals surface area contributed by atoms with E-state index in [1.165, 1.54) is 18.5 Å². The number of fused-ring (bicyclic) bond motifs is 1. The Labute approximate surface area is 183 Å². The third-order valence-corrected chi connectivity index (χ3v) is 6.85. The van der Waals surface area contributed by atoms with Gasteiger partial charge in [-0.2, -0.15) is 0 Å². The number of aryl methyl sites for hydroxylation is 1. The van der Waals surface area contributed by atoms with Gasteiger partial charge in [0.05, 0.1) is 6.54 Å². The number of hydrogen-bond acceptors (Lipinski definition) is 5. The van der Waals surface area contributed by atoms with Gasteiger partial charge in [0, 0.05) is 34.5 Å². The van der Waals surface area contributed by atoms with Crippen molar-refractivity contribution in [2.75, 3.05) is 32.8 Å². The quantitative estimate of drug-likeness (QED) is 0.659. The molecule has 0 amide bonds. The molecule has 2 fully saturated rings. The van der Waals surface area contributed by atoms with Crippen molar-refractivity contribution in [3.05, 3.63) is 46.8 Å². The van der Waals surface area contributed by atoms with Crippen molar-refractivity contribution in [2.45, 2.75) is 45.6 Å². The van der Waals surface area contributed by atoms with E-state index in [1.54, 1.807) is 0 Å². The molecule has 31 heavy (non-hydrogen) atoms. The number of ketones is 2. The number of rotatable bonds is 6. The van der Waals surface area contributed by atoms with E-state index in [4.69, 9.17) is 9.47 Å². The standard InChI is InChI=1S/C25H30N2O4/c1-16-13-21(17(2)27(16)20-4-5-20)22(28)15-26-9-7-18(8-10-26)25(29)19-3-6-23-24(14-19)31-12-11-30-23/h3,6,13-14,18,20H,4-5,7-12,15H2,1-2H3. The second-order valence-electron chi connectivity index (χ2n) is 9.08. The Balaban J connectivity index is 1.18. The number of ether oxygens (including phenoxy) is 2. The van der Waals surface area contributed by atoms with E-state index in [0.29, 0.717) is 42.9 Å². The van der Waals surface area contributed by atoms with Gasteiger partial charge >= 0.3 is 0 Å². The lowest BCUT2D eigenvalue weighted by molar-refractivity contribution is 0.0804. The highest BCUT2D eigenvalue weighted by Gasteiger charge is 2.30. The average Bonchev–Trinajstić information content (AvgIpc) is 3.57. The van der Waals surface area contributed by atoms with E-state index in [2.05, 4.69) is 23.3 Å². The van der Waals surface area contributed by atoms with Gasteiger partial charge in [0.1, 0.15) is 13.2 Å². The lowest BCUT2D eigenvalue weighted by atomic mass is 9.88. The SMILES string of the molecule is Cc1cc(C(=O)CN2CCC(C(=O)c3ccc4c(c3)OCCO4)CC2)c(C)n1C1CC1. The zero-order valence-electron chi connectivity index (χ0n) is 18.4. The van der Waals surface area contributed by atoms with Crippen molar-refractivity contribution in [3.63, 3.8) is 0 Å². The third-order valence-electron chi connectivity index (χ3n) is 6.85. The molecule has 3 heterocycles. The van der Waals surface area contributed by atoms with Crippen LogP contribution in [0.2, 0.25) is 0 Å². The number of benzene rings is 1. The van der Waals surface area contributed by atoms with Crippen LogP contribution in [0.4, 0.5) is 0 Å². The van der Waals surface area contributed by atoms with Gasteiger partial charge in [-0.15, -0.1) is 0 Å². The molecular formula is C25H30N2O4. The summed E-state index contributed by atoms with van der Waals surface area (Å²) < 4.78 is 13.5. The second-order valence-corrected chi connectivity index (χ2v) is 9.08. The summed E-state index contributed by atoms with van der Waals surface area (Å²) in [7, 11) is 0. The summed E-state index contributed by atoms with van der Waals surface area (Å²) in [6, 6.07) is 8.11. The fourth-order valence-corrected chi connectivity index (χ4v) is 5.03. The van der Waals surface area contributed by atoms with Crippen LogP contribution in [0.15, 0.2) is 24.3 Å². The Morgan fingerprint density at radius 3 is 2.39 bits per heavy atom. The van der Waals surface area contributed by atoms with Crippen LogP contribution in [-0.2, 0) is 0 Å². The number of Topliss-reactive ketones (excluding diaryl/α,β-unsaturated/α-hetero) is 2. The van der Waals surface area contributed by atoms with E-state index < -0.39 is 0 Å². The van der Waals surface area contributed by atoms with E-state index in [1.807, 2.05) is 24.3 Å². The normalized spacial score (nSPS) is 19.4. The van der Waals surface area contributed by atoms with Gasteiger partial charge in [-0.05, 0) is 76.9 Å². The maximum atomic E-state index is 13.0. The number of hydrogen-bond donors (Lipinski definition) is 0. The van der Waals surface area contributed by atoms with Gasteiger partial charge in [0.25, 0.3) is 0 Å². The average molecular weight is 423 g/mol. The van der Waals surface area contributed by atoms with Crippen LogP contribution in [-0.4, -0.2) is 53.9 Å².